The number of unbranched alkanes of at least 4 members (excludes halogenated alkanes) is 13. The molecule has 0 atom stereocenters. The monoisotopic (exact) mass is 759 g/mol. The van der Waals surface area contributed by atoms with Crippen molar-refractivity contribution in [3.05, 3.63) is 30.3 Å². The Labute approximate surface area is 323 Å². The molecule has 1 aromatic rings. The van der Waals surface area contributed by atoms with Crippen LogP contribution in [0, 0.1) is 0 Å². The Morgan fingerprint density at radius 3 is 0.811 bits per heavy atom. The van der Waals surface area contributed by atoms with Crippen molar-refractivity contribution >= 4 is 0 Å². The molecule has 0 saturated heterocycles. The van der Waals surface area contributed by atoms with Crippen LogP contribution in [0.1, 0.15) is 96.8 Å². The zero-order chi connectivity index (χ0) is 37.6. The van der Waals surface area contributed by atoms with E-state index in [0.29, 0.717) is 132 Å². The van der Waals surface area contributed by atoms with Gasteiger partial charge < -0.3 is 52.1 Å². The molecule has 0 aromatic heterocycles. The van der Waals surface area contributed by atoms with Crippen molar-refractivity contribution in [1.82, 2.24) is 0 Å². The van der Waals surface area contributed by atoms with Crippen LogP contribution in [0.2, 0.25) is 0 Å². The Morgan fingerprint density at radius 1 is 0.264 bits per heavy atom. The van der Waals surface area contributed by atoms with Crippen LogP contribution in [0.15, 0.2) is 30.3 Å². The summed E-state index contributed by atoms with van der Waals surface area (Å²) < 4.78 is 60.9. The van der Waals surface area contributed by atoms with Crippen molar-refractivity contribution < 1.29 is 52.1 Å². The van der Waals surface area contributed by atoms with Gasteiger partial charge in [-0.1, -0.05) is 109 Å². The van der Waals surface area contributed by atoms with E-state index in [1.54, 1.807) is 0 Å². The van der Waals surface area contributed by atoms with Gasteiger partial charge in [0.1, 0.15) is 12.4 Å². The fourth-order valence-electron chi connectivity index (χ4n) is 5.22. The summed E-state index contributed by atoms with van der Waals surface area (Å²) in [7, 11) is 0. The lowest BCUT2D eigenvalue weighted by Crippen LogP contribution is -2.15. The van der Waals surface area contributed by atoms with Crippen molar-refractivity contribution in [2.24, 2.45) is 0 Å². The van der Waals surface area contributed by atoms with Crippen LogP contribution in [0.3, 0.4) is 0 Å². The van der Waals surface area contributed by atoms with Crippen LogP contribution in [0.25, 0.3) is 0 Å². The van der Waals surface area contributed by atoms with E-state index in [2.05, 4.69) is 6.92 Å². The Balaban J connectivity index is 1.60. The lowest BCUT2D eigenvalue weighted by Gasteiger charge is -2.09. The molecular formula is C42H78O11. The summed E-state index contributed by atoms with van der Waals surface area (Å²) in [5.74, 6) is 0.848. The quantitative estimate of drug-likeness (QED) is 0.0612. The normalized spacial score (nSPS) is 11.5. The van der Waals surface area contributed by atoms with Crippen LogP contribution >= 0.6 is 0 Å². The topological polar surface area (TPSA) is 102 Å². The van der Waals surface area contributed by atoms with Gasteiger partial charge in [-0.2, -0.15) is 0 Å². The first-order valence-corrected chi connectivity index (χ1v) is 20.9. The molecule has 0 aliphatic heterocycles. The predicted octanol–water partition coefficient (Wildman–Crippen LogP) is 7.71. The van der Waals surface area contributed by atoms with Gasteiger partial charge in [0.05, 0.1) is 126 Å². The average Bonchev–Trinajstić information content (AvgIpc) is 3.18. The van der Waals surface area contributed by atoms with Crippen LogP contribution in [-0.2, 0) is 47.4 Å². The zero-order valence-corrected chi connectivity index (χ0v) is 33.6. The molecule has 11 nitrogen and oxygen atoms in total. The lowest BCUT2D eigenvalue weighted by molar-refractivity contribution is -0.0267. The second-order valence-electron chi connectivity index (χ2n) is 12.9. The van der Waals surface area contributed by atoms with Gasteiger partial charge in [0.25, 0.3) is 0 Å². The van der Waals surface area contributed by atoms with E-state index >= 15 is 0 Å². The number of para-hydroxylation sites is 1. The van der Waals surface area contributed by atoms with Crippen molar-refractivity contribution in [3.63, 3.8) is 0 Å². The molecule has 0 saturated carbocycles. The van der Waals surface area contributed by atoms with Gasteiger partial charge in [0.15, 0.2) is 0 Å². The third-order valence-corrected chi connectivity index (χ3v) is 8.23. The van der Waals surface area contributed by atoms with Crippen molar-refractivity contribution in [1.29, 1.82) is 0 Å². The van der Waals surface area contributed by atoms with E-state index in [0.717, 1.165) is 18.8 Å². The molecule has 11 heteroatoms. The maximum atomic E-state index is 5.69. The Bertz CT molecular complexity index is 790. The van der Waals surface area contributed by atoms with Crippen LogP contribution in [0.5, 0.6) is 5.75 Å². The second kappa shape index (κ2) is 45.0. The summed E-state index contributed by atoms with van der Waals surface area (Å²) >= 11 is 0. The summed E-state index contributed by atoms with van der Waals surface area (Å²) in [6.45, 7) is 14.0. The first-order valence-electron chi connectivity index (χ1n) is 20.9. The smallest absolute Gasteiger partial charge is 0.119 e. The second-order valence-corrected chi connectivity index (χ2v) is 12.9. The molecule has 0 amide bonds. The van der Waals surface area contributed by atoms with Crippen LogP contribution in [0.4, 0.5) is 0 Å². The van der Waals surface area contributed by atoms with Crippen molar-refractivity contribution in [2.75, 3.05) is 139 Å². The first kappa shape index (κ1) is 49.6. The molecule has 0 aliphatic carbocycles. The molecule has 1 aromatic carbocycles. The molecule has 0 N–H and O–H groups in total. The van der Waals surface area contributed by atoms with Crippen molar-refractivity contribution in [2.45, 2.75) is 96.8 Å². The Morgan fingerprint density at radius 2 is 0.509 bits per heavy atom. The van der Waals surface area contributed by atoms with Gasteiger partial charge in [0, 0.05) is 6.61 Å². The molecule has 0 unspecified atom stereocenters. The molecule has 0 bridgehead atoms. The standard InChI is InChI=1S/C42H78O11/c1-2-3-4-5-6-7-8-9-10-11-12-13-14-18-21-43-22-23-44-24-25-45-26-27-46-28-29-47-30-31-48-32-33-49-34-35-50-36-37-51-38-39-52-40-41-53-42-19-16-15-17-20-42/h15-17,19-20H,2-14,18,21-41H2,1H3. The molecule has 0 heterocycles. The number of rotatable bonds is 46. The van der Waals surface area contributed by atoms with E-state index in [1.165, 1.54) is 83.5 Å². The van der Waals surface area contributed by atoms with Gasteiger partial charge in [-0.15, -0.1) is 0 Å². The maximum absolute atomic E-state index is 5.69. The maximum Gasteiger partial charge on any atom is 0.119 e. The summed E-state index contributed by atoms with van der Waals surface area (Å²) in [5, 5.41) is 0. The van der Waals surface area contributed by atoms with Crippen LogP contribution in [-0.4, -0.2) is 139 Å². The summed E-state index contributed by atoms with van der Waals surface area (Å²) in [5.41, 5.74) is 0. The summed E-state index contributed by atoms with van der Waals surface area (Å²) in [6.07, 6.45) is 19.3. The SMILES string of the molecule is CCCCCCCCCCCCCCCCOCCOCCOCCOCCOCCOCCOCCOCCOCCOCCOc1ccccc1. The highest BCUT2D eigenvalue weighted by atomic mass is 16.6. The minimum atomic E-state index is 0.520. The van der Waals surface area contributed by atoms with Gasteiger partial charge in [-0.3, -0.25) is 0 Å². The summed E-state index contributed by atoms with van der Waals surface area (Å²) in [4.78, 5) is 0. The van der Waals surface area contributed by atoms with E-state index < -0.39 is 0 Å². The minimum absolute atomic E-state index is 0.520. The molecule has 0 fully saturated rings. The van der Waals surface area contributed by atoms with E-state index in [-0.39, 0.29) is 0 Å². The molecule has 1 rings (SSSR count). The van der Waals surface area contributed by atoms with E-state index in [9.17, 15) is 0 Å². The third kappa shape index (κ3) is 41.6. The molecule has 0 aliphatic rings. The van der Waals surface area contributed by atoms with Gasteiger partial charge in [0.2, 0.25) is 0 Å². The minimum Gasteiger partial charge on any atom is -0.491 e. The van der Waals surface area contributed by atoms with Crippen molar-refractivity contribution in [3.8, 4) is 5.75 Å². The Hall–Kier alpha value is -1.38. The van der Waals surface area contributed by atoms with Gasteiger partial charge in [-0.25, -0.2) is 0 Å². The highest BCUT2D eigenvalue weighted by Gasteiger charge is 1.98. The number of hydrogen-bond acceptors (Lipinski definition) is 11. The highest BCUT2D eigenvalue weighted by molar-refractivity contribution is 5.20. The van der Waals surface area contributed by atoms with E-state index in [1.807, 2.05) is 30.3 Å². The molecule has 0 spiro atoms. The number of benzene rings is 1. The fourth-order valence-corrected chi connectivity index (χ4v) is 5.22. The fraction of sp³-hybridized carbons (Fsp3) is 0.857. The van der Waals surface area contributed by atoms with Crippen LogP contribution < -0.4 is 4.74 Å². The lowest BCUT2D eigenvalue weighted by atomic mass is 10.0. The zero-order valence-electron chi connectivity index (χ0n) is 33.6. The molecule has 312 valence electrons. The highest BCUT2D eigenvalue weighted by Crippen LogP contribution is 2.13. The molecular weight excluding hydrogens is 680 g/mol. The first-order chi connectivity index (χ1) is 26.4. The predicted molar refractivity (Wildman–Crippen MR) is 210 cm³/mol. The molecule has 0 radical (unpaired) electrons. The average molecular weight is 759 g/mol. The van der Waals surface area contributed by atoms with Gasteiger partial charge >= 0.3 is 0 Å². The number of ether oxygens (including phenoxy) is 11. The van der Waals surface area contributed by atoms with E-state index in [4.69, 9.17) is 52.1 Å². The largest absolute Gasteiger partial charge is 0.491 e. The molecule has 53 heavy (non-hydrogen) atoms. The van der Waals surface area contributed by atoms with Gasteiger partial charge in [-0.05, 0) is 18.6 Å². The Kier molecular flexibility index (Phi) is 42.2. The third-order valence-electron chi connectivity index (χ3n) is 8.23. The number of hydrogen-bond donors (Lipinski definition) is 0. The summed E-state index contributed by atoms with van der Waals surface area (Å²) in [6, 6.07) is 9.70.